The molecule has 2 heteroatoms. The lowest BCUT2D eigenvalue weighted by atomic mass is 9.67. The van der Waals surface area contributed by atoms with Gasteiger partial charge in [-0.1, -0.05) is 243 Å². The minimum absolute atomic E-state index is 0.502. The zero-order valence-corrected chi connectivity index (χ0v) is 41.5. The van der Waals surface area contributed by atoms with Crippen molar-refractivity contribution in [1.29, 1.82) is 0 Å². The monoisotopic (exact) mass is 965 g/mol. The number of rotatable bonds is 7. The maximum absolute atomic E-state index is 6.53. The topological polar surface area (TPSA) is 16.4 Å². The minimum Gasteiger partial charge on any atom is -0.456 e. The van der Waals surface area contributed by atoms with E-state index in [1.165, 1.54) is 100 Å². The third-order valence-corrected chi connectivity index (χ3v) is 17.0. The normalized spacial score (nSPS) is 13.7. The van der Waals surface area contributed by atoms with Gasteiger partial charge in [0.1, 0.15) is 11.2 Å². The summed E-state index contributed by atoms with van der Waals surface area (Å²) in [6.07, 6.45) is 0. The van der Waals surface area contributed by atoms with E-state index in [1.54, 1.807) is 0 Å². The van der Waals surface area contributed by atoms with E-state index < -0.39 is 10.8 Å². The number of benzene rings is 12. The maximum atomic E-state index is 6.53. The van der Waals surface area contributed by atoms with Gasteiger partial charge in [-0.2, -0.15) is 0 Å². The highest BCUT2D eigenvalue weighted by Gasteiger charge is 2.53. The Morgan fingerprint density at radius 1 is 0.263 bits per heavy atom. The molecule has 0 saturated carbocycles. The van der Waals surface area contributed by atoms with Crippen molar-refractivity contribution in [3.63, 3.8) is 0 Å². The summed E-state index contributed by atoms with van der Waals surface area (Å²) in [5, 5.41) is 2.18. The molecule has 2 nitrogen and oxygen atoms in total. The minimum atomic E-state index is -0.671. The Hall–Kier alpha value is -9.76. The van der Waals surface area contributed by atoms with E-state index >= 15 is 0 Å². The van der Waals surface area contributed by atoms with Crippen LogP contribution in [0.15, 0.2) is 290 Å². The first-order valence-corrected chi connectivity index (χ1v) is 26.4. The van der Waals surface area contributed by atoms with Crippen LogP contribution in [-0.4, -0.2) is 0 Å². The summed E-state index contributed by atoms with van der Waals surface area (Å²) in [6, 6.07) is 106. The SMILES string of the molecule is c1ccc(-c2ccc(C3(c4ccc(-c5ccccc5)cc4)c4ccccc4-c4ccc(N(c5ccc6oc7ccccc7c6c5)c5cccc6c5-c5ccccc5C65c6ccccc6-c6ccccc65)cc43)cc2)cc1. The van der Waals surface area contributed by atoms with Gasteiger partial charge in [-0.25, -0.2) is 0 Å². The van der Waals surface area contributed by atoms with Gasteiger partial charge in [0.05, 0.1) is 16.5 Å². The molecule has 0 saturated heterocycles. The molecule has 1 heterocycles. The third-order valence-electron chi connectivity index (χ3n) is 17.0. The van der Waals surface area contributed by atoms with Crippen molar-refractivity contribution < 1.29 is 4.42 Å². The van der Waals surface area contributed by atoms with Crippen LogP contribution in [0.4, 0.5) is 17.1 Å². The summed E-state index contributed by atoms with van der Waals surface area (Å²) < 4.78 is 6.53. The van der Waals surface area contributed by atoms with E-state index in [2.05, 4.69) is 290 Å². The molecular formula is C74H47NO. The fourth-order valence-electron chi connectivity index (χ4n) is 13.9. The number of nitrogens with zero attached hydrogens (tertiary/aromatic N) is 1. The van der Waals surface area contributed by atoms with Crippen molar-refractivity contribution in [2.75, 3.05) is 4.90 Å². The third kappa shape index (κ3) is 5.87. The molecule has 3 aliphatic carbocycles. The molecule has 16 rings (SSSR count). The Labute approximate surface area is 442 Å². The zero-order chi connectivity index (χ0) is 50.0. The van der Waals surface area contributed by atoms with Gasteiger partial charge in [0.15, 0.2) is 0 Å². The van der Waals surface area contributed by atoms with Crippen LogP contribution in [0, 0.1) is 0 Å². The molecule has 13 aromatic rings. The summed E-state index contributed by atoms with van der Waals surface area (Å²) in [5.74, 6) is 0. The van der Waals surface area contributed by atoms with Gasteiger partial charge < -0.3 is 9.32 Å². The van der Waals surface area contributed by atoms with Gasteiger partial charge in [-0.15, -0.1) is 0 Å². The Kier molecular flexibility index (Phi) is 9.20. The molecule has 0 atom stereocenters. The average molecular weight is 966 g/mol. The van der Waals surface area contributed by atoms with Crippen LogP contribution in [0.5, 0.6) is 0 Å². The number of hydrogen-bond acceptors (Lipinski definition) is 2. The van der Waals surface area contributed by atoms with Gasteiger partial charge in [0, 0.05) is 27.7 Å². The molecule has 0 radical (unpaired) electrons. The standard InChI is InChI=1S/C74H47NO/c1-3-18-48(19-4-1)50-34-38-52(39-35-50)73(53-40-36-51(37-41-53)49-20-5-2-6-21-49)63-27-12-7-24-58(63)59-44-42-55(47-68(59)73)75(54-43-45-71-62(46-54)60-25-11-16-33-70(60)76-71)69-32-17-31-67-72(69)61-26-10-15-30-66(61)74(67)64-28-13-8-22-56(64)57-23-9-14-29-65(57)74/h1-47H. The maximum Gasteiger partial charge on any atom is 0.135 e. The Morgan fingerprint density at radius 2 is 0.697 bits per heavy atom. The number of para-hydroxylation sites is 1. The zero-order valence-electron chi connectivity index (χ0n) is 41.5. The molecule has 0 fully saturated rings. The number of fused-ring (bicyclic) bond motifs is 16. The summed E-state index contributed by atoms with van der Waals surface area (Å²) >= 11 is 0. The fraction of sp³-hybridized carbons (Fsp3) is 0.0270. The molecule has 0 unspecified atom stereocenters. The van der Waals surface area contributed by atoms with E-state index in [9.17, 15) is 0 Å². The Morgan fingerprint density at radius 3 is 1.30 bits per heavy atom. The van der Waals surface area contributed by atoms with Crippen molar-refractivity contribution in [2.24, 2.45) is 0 Å². The highest BCUT2D eigenvalue weighted by atomic mass is 16.3. The van der Waals surface area contributed by atoms with Crippen LogP contribution in [-0.2, 0) is 10.8 Å². The van der Waals surface area contributed by atoms with Crippen molar-refractivity contribution in [2.45, 2.75) is 10.8 Å². The summed E-state index contributed by atoms with van der Waals surface area (Å²) in [4.78, 5) is 2.54. The largest absolute Gasteiger partial charge is 0.456 e. The summed E-state index contributed by atoms with van der Waals surface area (Å²) in [7, 11) is 0. The molecule has 0 bridgehead atoms. The second kappa shape index (κ2) is 16.4. The smallest absolute Gasteiger partial charge is 0.135 e. The van der Waals surface area contributed by atoms with Crippen molar-refractivity contribution in [1.82, 2.24) is 0 Å². The molecule has 1 spiro atoms. The van der Waals surface area contributed by atoms with Gasteiger partial charge >= 0.3 is 0 Å². The molecule has 0 N–H and O–H groups in total. The van der Waals surface area contributed by atoms with Gasteiger partial charge in [-0.05, 0) is 137 Å². The van der Waals surface area contributed by atoms with Crippen LogP contribution in [0.25, 0.3) is 77.6 Å². The number of hydrogen-bond donors (Lipinski definition) is 0. The molecule has 12 aromatic carbocycles. The lowest BCUT2D eigenvalue weighted by Gasteiger charge is -2.35. The van der Waals surface area contributed by atoms with Crippen LogP contribution in [0.1, 0.15) is 44.5 Å². The Balaban J connectivity index is 0.980. The first-order valence-electron chi connectivity index (χ1n) is 26.4. The highest BCUT2D eigenvalue weighted by molar-refractivity contribution is 6.08. The highest BCUT2D eigenvalue weighted by Crippen LogP contribution is 2.65. The van der Waals surface area contributed by atoms with E-state index in [-0.39, 0.29) is 0 Å². The first-order chi connectivity index (χ1) is 37.7. The lowest BCUT2D eigenvalue weighted by molar-refractivity contribution is 0.669. The van der Waals surface area contributed by atoms with E-state index in [0.29, 0.717) is 0 Å². The lowest BCUT2D eigenvalue weighted by Crippen LogP contribution is -2.29. The van der Waals surface area contributed by atoms with Gasteiger partial charge in [-0.3, -0.25) is 0 Å². The van der Waals surface area contributed by atoms with Crippen LogP contribution in [0.3, 0.4) is 0 Å². The average Bonchev–Trinajstić information content (AvgIpc) is 4.30. The molecule has 354 valence electrons. The second-order valence-corrected chi connectivity index (χ2v) is 20.6. The molecule has 76 heavy (non-hydrogen) atoms. The molecule has 0 amide bonds. The quantitative estimate of drug-likeness (QED) is 0.158. The van der Waals surface area contributed by atoms with Crippen LogP contribution in [0.2, 0.25) is 0 Å². The van der Waals surface area contributed by atoms with Crippen LogP contribution >= 0.6 is 0 Å². The number of anilines is 3. The molecule has 3 aliphatic rings. The van der Waals surface area contributed by atoms with E-state index in [1.807, 2.05) is 0 Å². The van der Waals surface area contributed by atoms with Gasteiger partial charge in [0.25, 0.3) is 0 Å². The van der Waals surface area contributed by atoms with E-state index in [4.69, 9.17) is 4.42 Å². The number of furan rings is 1. The molecular weight excluding hydrogens is 919 g/mol. The van der Waals surface area contributed by atoms with Crippen molar-refractivity contribution >= 4 is 39.0 Å². The van der Waals surface area contributed by atoms with Crippen LogP contribution < -0.4 is 4.90 Å². The molecule has 0 aliphatic heterocycles. The van der Waals surface area contributed by atoms with E-state index in [0.717, 1.165) is 39.0 Å². The predicted octanol–water partition coefficient (Wildman–Crippen LogP) is 19.1. The Bertz CT molecular complexity index is 4320. The van der Waals surface area contributed by atoms with Gasteiger partial charge in [0.2, 0.25) is 0 Å². The summed E-state index contributed by atoms with van der Waals surface area (Å²) in [6.45, 7) is 0. The predicted molar refractivity (Wildman–Crippen MR) is 313 cm³/mol. The first kappa shape index (κ1) is 42.7. The fourth-order valence-corrected chi connectivity index (χ4v) is 13.9. The van der Waals surface area contributed by atoms with Crippen molar-refractivity contribution in [3.8, 4) is 55.6 Å². The molecule has 1 aromatic heterocycles. The second-order valence-electron chi connectivity index (χ2n) is 20.6. The summed E-state index contributed by atoms with van der Waals surface area (Å²) in [5.41, 5.74) is 26.4. The van der Waals surface area contributed by atoms with Crippen molar-refractivity contribution in [3.05, 3.63) is 330 Å².